The van der Waals surface area contributed by atoms with Crippen LogP contribution in [-0.2, 0) is 6.42 Å². The summed E-state index contributed by atoms with van der Waals surface area (Å²) in [5.74, 6) is 0.519. The number of carbonyl (C=O) groups excluding carboxylic acids is 1. The third kappa shape index (κ3) is 2.76. The zero-order valence-electron chi connectivity index (χ0n) is 10.8. The monoisotopic (exact) mass is 260 g/mol. The van der Waals surface area contributed by atoms with Crippen molar-refractivity contribution in [2.75, 3.05) is 5.32 Å². The molecule has 2 aromatic heterocycles. The van der Waals surface area contributed by atoms with Crippen LogP contribution in [0.3, 0.4) is 0 Å². The van der Waals surface area contributed by atoms with E-state index in [4.69, 9.17) is 0 Å². The summed E-state index contributed by atoms with van der Waals surface area (Å²) < 4.78 is 0. The van der Waals surface area contributed by atoms with Gasteiger partial charge in [-0.3, -0.25) is 4.79 Å². The summed E-state index contributed by atoms with van der Waals surface area (Å²) in [5.41, 5.74) is 2.13. The maximum atomic E-state index is 12.1. The SMILES string of the molecule is CCc1cc(C(=O)Nc2cccc(C)n2)sc1C. The van der Waals surface area contributed by atoms with Gasteiger partial charge in [-0.25, -0.2) is 4.98 Å². The van der Waals surface area contributed by atoms with Gasteiger partial charge in [0.15, 0.2) is 0 Å². The summed E-state index contributed by atoms with van der Waals surface area (Å²) in [6.07, 6.45) is 0.957. The Balaban J connectivity index is 2.16. The summed E-state index contributed by atoms with van der Waals surface area (Å²) >= 11 is 1.53. The van der Waals surface area contributed by atoms with Crippen LogP contribution in [-0.4, -0.2) is 10.9 Å². The molecule has 0 aliphatic carbocycles. The van der Waals surface area contributed by atoms with E-state index in [9.17, 15) is 4.79 Å². The van der Waals surface area contributed by atoms with Crippen LogP contribution in [0.4, 0.5) is 5.82 Å². The Labute approximate surface area is 111 Å². The summed E-state index contributed by atoms with van der Waals surface area (Å²) in [6, 6.07) is 7.55. The number of aryl methyl sites for hydroxylation is 3. The van der Waals surface area contributed by atoms with Crippen molar-refractivity contribution in [1.29, 1.82) is 0 Å². The van der Waals surface area contributed by atoms with Gasteiger partial charge in [-0.2, -0.15) is 0 Å². The van der Waals surface area contributed by atoms with Crippen LogP contribution in [0.15, 0.2) is 24.3 Å². The van der Waals surface area contributed by atoms with E-state index in [1.807, 2.05) is 32.0 Å². The van der Waals surface area contributed by atoms with E-state index in [0.29, 0.717) is 5.82 Å². The number of aromatic nitrogens is 1. The second-order valence-corrected chi connectivity index (χ2v) is 5.42. The standard InChI is InChI=1S/C14H16N2OS/c1-4-11-8-12(18-10(11)3)14(17)16-13-7-5-6-9(2)15-13/h5-8H,4H2,1-3H3,(H,15,16,17). The Morgan fingerprint density at radius 1 is 1.39 bits per heavy atom. The van der Waals surface area contributed by atoms with Gasteiger partial charge in [0.05, 0.1) is 4.88 Å². The normalized spacial score (nSPS) is 10.4. The minimum atomic E-state index is -0.0825. The fourth-order valence-corrected chi connectivity index (χ4v) is 2.78. The number of pyridine rings is 1. The number of amides is 1. The first kappa shape index (κ1) is 12.8. The van der Waals surface area contributed by atoms with Crippen molar-refractivity contribution in [2.45, 2.75) is 27.2 Å². The average Bonchev–Trinajstić information content (AvgIpc) is 2.70. The van der Waals surface area contributed by atoms with Gasteiger partial charge >= 0.3 is 0 Å². The molecule has 0 saturated heterocycles. The van der Waals surface area contributed by atoms with Crippen molar-refractivity contribution in [2.24, 2.45) is 0 Å². The number of nitrogens with one attached hydrogen (secondary N) is 1. The third-order valence-corrected chi connectivity index (χ3v) is 3.85. The van der Waals surface area contributed by atoms with E-state index in [2.05, 4.69) is 17.2 Å². The number of anilines is 1. The fourth-order valence-electron chi connectivity index (χ4n) is 1.77. The highest BCUT2D eigenvalue weighted by molar-refractivity contribution is 7.14. The van der Waals surface area contributed by atoms with Gasteiger partial charge in [0, 0.05) is 10.6 Å². The zero-order valence-corrected chi connectivity index (χ0v) is 11.6. The lowest BCUT2D eigenvalue weighted by Gasteiger charge is -2.02. The van der Waals surface area contributed by atoms with E-state index in [1.54, 1.807) is 6.07 Å². The van der Waals surface area contributed by atoms with Gasteiger partial charge in [-0.05, 0) is 44.0 Å². The van der Waals surface area contributed by atoms with E-state index < -0.39 is 0 Å². The lowest BCUT2D eigenvalue weighted by molar-refractivity contribution is 0.103. The van der Waals surface area contributed by atoms with E-state index in [1.165, 1.54) is 21.8 Å². The van der Waals surface area contributed by atoms with Crippen LogP contribution >= 0.6 is 11.3 Å². The topological polar surface area (TPSA) is 42.0 Å². The number of hydrogen-bond donors (Lipinski definition) is 1. The number of carbonyl (C=O) groups is 1. The van der Waals surface area contributed by atoms with Gasteiger partial charge in [0.2, 0.25) is 0 Å². The average molecular weight is 260 g/mol. The molecule has 0 aliphatic heterocycles. The molecule has 0 aromatic carbocycles. The predicted octanol–water partition coefficient (Wildman–Crippen LogP) is 3.57. The van der Waals surface area contributed by atoms with Crippen LogP contribution in [0.5, 0.6) is 0 Å². The van der Waals surface area contributed by atoms with Gasteiger partial charge in [0.1, 0.15) is 5.82 Å². The number of hydrogen-bond acceptors (Lipinski definition) is 3. The first-order valence-corrected chi connectivity index (χ1v) is 6.76. The molecule has 0 spiro atoms. The van der Waals surface area contributed by atoms with Crippen molar-refractivity contribution >= 4 is 23.1 Å². The molecule has 94 valence electrons. The molecule has 1 amide bonds. The largest absolute Gasteiger partial charge is 0.306 e. The third-order valence-electron chi connectivity index (χ3n) is 2.76. The summed E-state index contributed by atoms with van der Waals surface area (Å²) in [5, 5.41) is 2.82. The second-order valence-electron chi connectivity index (χ2n) is 4.16. The molecule has 0 unspecified atom stereocenters. The van der Waals surface area contributed by atoms with Crippen LogP contribution < -0.4 is 5.32 Å². The Morgan fingerprint density at radius 3 is 2.78 bits per heavy atom. The first-order chi connectivity index (χ1) is 8.60. The molecule has 0 bridgehead atoms. The molecule has 2 rings (SSSR count). The minimum absolute atomic E-state index is 0.0825. The minimum Gasteiger partial charge on any atom is -0.306 e. The van der Waals surface area contributed by atoms with Gasteiger partial charge in [-0.15, -0.1) is 11.3 Å². The van der Waals surface area contributed by atoms with Crippen molar-refractivity contribution in [1.82, 2.24) is 4.98 Å². The van der Waals surface area contributed by atoms with Crippen LogP contribution in [0, 0.1) is 13.8 Å². The maximum absolute atomic E-state index is 12.1. The smallest absolute Gasteiger partial charge is 0.266 e. The molecule has 18 heavy (non-hydrogen) atoms. The highest BCUT2D eigenvalue weighted by Crippen LogP contribution is 2.22. The van der Waals surface area contributed by atoms with Crippen LogP contribution in [0.2, 0.25) is 0 Å². The summed E-state index contributed by atoms with van der Waals surface area (Å²) in [4.78, 5) is 18.3. The van der Waals surface area contributed by atoms with Crippen molar-refractivity contribution < 1.29 is 4.79 Å². The molecule has 2 aromatic rings. The molecule has 0 saturated carbocycles. The van der Waals surface area contributed by atoms with Crippen LogP contribution in [0.1, 0.15) is 32.7 Å². The first-order valence-electron chi connectivity index (χ1n) is 5.94. The molecule has 0 radical (unpaired) electrons. The second kappa shape index (κ2) is 5.31. The number of nitrogens with zero attached hydrogens (tertiary/aromatic N) is 1. The summed E-state index contributed by atoms with van der Waals surface area (Å²) in [7, 11) is 0. The molecule has 3 nitrogen and oxygen atoms in total. The molecule has 0 atom stereocenters. The molecular formula is C14H16N2OS. The quantitative estimate of drug-likeness (QED) is 0.916. The number of thiophene rings is 1. The van der Waals surface area contributed by atoms with Gasteiger partial charge < -0.3 is 5.32 Å². The lowest BCUT2D eigenvalue weighted by Crippen LogP contribution is -2.11. The predicted molar refractivity (Wildman–Crippen MR) is 75.4 cm³/mol. The molecule has 1 N–H and O–H groups in total. The highest BCUT2D eigenvalue weighted by Gasteiger charge is 2.12. The molecular weight excluding hydrogens is 244 g/mol. The van der Waals surface area contributed by atoms with Gasteiger partial charge in [0.25, 0.3) is 5.91 Å². The van der Waals surface area contributed by atoms with Crippen molar-refractivity contribution in [3.8, 4) is 0 Å². The lowest BCUT2D eigenvalue weighted by atomic mass is 10.2. The van der Waals surface area contributed by atoms with Crippen molar-refractivity contribution in [3.63, 3.8) is 0 Å². The summed E-state index contributed by atoms with van der Waals surface area (Å²) in [6.45, 7) is 6.05. The highest BCUT2D eigenvalue weighted by atomic mass is 32.1. The van der Waals surface area contributed by atoms with E-state index >= 15 is 0 Å². The number of rotatable bonds is 3. The molecule has 2 heterocycles. The molecule has 0 aliphatic rings. The Morgan fingerprint density at radius 2 is 2.17 bits per heavy atom. The van der Waals surface area contributed by atoms with E-state index in [-0.39, 0.29) is 5.91 Å². The Kier molecular flexibility index (Phi) is 3.77. The maximum Gasteiger partial charge on any atom is 0.266 e. The molecule has 0 fully saturated rings. The molecule has 4 heteroatoms. The van der Waals surface area contributed by atoms with E-state index in [0.717, 1.165) is 17.0 Å². The van der Waals surface area contributed by atoms with Gasteiger partial charge in [-0.1, -0.05) is 13.0 Å². The Bertz CT molecular complexity index is 575. The fraction of sp³-hybridized carbons (Fsp3) is 0.286. The Hall–Kier alpha value is -1.68. The van der Waals surface area contributed by atoms with Crippen molar-refractivity contribution in [3.05, 3.63) is 45.3 Å². The van der Waals surface area contributed by atoms with Crippen LogP contribution in [0.25, 0.3) is 0 Å². The zero-order chi connectivity index (χ0) is 13.1.